The van der Waals surface area contributed by atoms with E-state index in [1.165, 1.54) is 50.9 Å². The van der Waals surface area contributed by atoms with E-state index in [9.17, 15) is 0 Å². The number of hydrogen-bond acceptors (Lipinski definition) is 3. The van der Waals surface area contributed by atoms with Crippen molar-refractivity contribution in [3.05, 3.63) is 35.9 Å². The van der Waals surface area contributed by atoms with Gasteiger partial charge < -0.3 is 4.74 Å². The Morgan fingerprint density at radius 1 is 0.909 bits per heavy atom. The van der Waals surface area contributed by atoms with Crippen LogP contribution in [0.4, 0.5) is 0 Å². The normalized spacial score (nSPS) is 22.0. The Balaban J connectivity index is 1.30. The van der Waals surface area contributed by atoms with Gasteiger partial charge in [-0.25, -0.2) is 0 Å². The van der Waals surface area contributed by atoms with Crippen molar-refractivity contribution < 1.29 is 4.74 Å². The fraction of sp³-hybridized carbons (Fsp3) is 0.684. The van der Waals surface area contributed by atoms with E-state index in [4.69, 9.17) is 4.74 Å². The summed E-state index contributed by atoms with van der Waals surface area (Å²) in [6.45, 7) is 9.07. The molecule has 0 amide bonds. The third kappa shape index (κ3) is 5.08. The minimum atomic E-state index is 0.928. The van der Waals surface area contributed by atoms with Crippen LogP contribution in [0.15, 0.2) is 30.3 Å². The van der Waals surface area contributed by atoms with Gasteiger partial charge in [0.1, 0.15) is 0 Å². The molecular weight excluding hydrogens is 272 g/mol. The SMILES string of the molecule is c1ccc(CN2CCC(CCCN3CCOCC3)CC2)cc1. The van der Waals surface area contributed by atoms with Crippen molar-refractivity contribution >= 4 is 0 Å². The summed E-state index contributed by atoms with van der Waals surface area (Å²) >= 11 is 0. The Morgan fingerprint density at radius 3 is 2.36 bits per heavy atom. The molecule has 2 aliphatic heterocycles. The number of nitrogens with zero attached hydrogens (tertiary/aromatic N) is 2. The molecule has 2 fully saturated rings. The maximum absolute atomic E-state index is 5.41. The van der Waals surface area contributed by atoms with Crippen molar-refractivity contribution in [1.82, 2.24) is 9.80 Å². The Bertz CT molecular complexity index is 409. The summed E-state index contributed by atoms with van der Waals surface area (Å²) in [7, 11) is 0. The largest absolute Gasteiger partial charge is 0.379 e. The maximum atomic E-state index is 5.41. The molecule has 0 radical (unpaired) electrons. The van der Waals surface area contributed by atoms with E-state index >= 15 is 0 Å². The van der Waals surface area contributed by atoms with Gasteiger partial charge in [-0.05, 0) is 56.8 Å². The lowest BCUT2D eigenvalue weighted by molar-refractivity contribution is 0.0361. The smallest absolute Gasteiger partial charge is 0.0594 e. The Hall–Kier alpha value is -0.900. The lowest BCUT2D eigenvalue weighted by Crippen LogP contribution is -2.37. The molecule has 1 aromatic carbocycles. The molecule has 122 valence electrons. The van der Waals surface area contributed by atoms with Crippen LogP contribution in [-0.4, -0.2) is 55.7 Å². The number of likely N-dealkylation sites (tertiary alicyclic amines) is 1. The predicted molar refractivity (Wildman–Crippen MR) is 90.9 cm³/mol. The Labute approximate surface area is 135 Å². The second kappa shape index (κ2) is 8.66. The average molecular weight is 302 g/mol. The molecule has 2 heterocycles. The zero-order valence-electron chi connectivity index (χ0n) is 13.8. The zero-order chi connectivity index (χ0) is 15.0. The molecule has 22 heavy (non-hydrogen) atoms. The highest BCUT2D eigenvalue weighted by Gasteiger charge is 2.19. The predicted octanol–water partition coefficient (Wildman–Crippen LogP) is 3.01. The summed E-state index contributed by atoms with van der Waals surface area (Å²) in [5, 5.41) is 0. The highest BCUT2D eigenvalue weighted by molar-refractivity contribution is 5.14. The van der Waals surface area contributed by atoms with E-state index in [1.807, 2.05) is 0 Å². The maximum Gasteiger partial charge on any atom is 0.0594 e. The van der Waals surface area contributed by atoms with Crippen LogP contribution in [-0.2, 0) is 11.3 Å². The Kier molecular flexibility index (Phi) is 6.29. The van der Waals surface area contributed by atoms with Crippen molar-refractivity contribution in [2.45, 2.75) is 32.2 Å². The number of piperidine rings is 1. The summed E-state index contributed by atoms with van der Waals surface area (Å²) in [5.41, 5.74) is 1.45. The topological polar surface area (TPSA) is 15.7 Å². The van der Waals surface area contributed by atoms with Gasteiger partial charge in [0, 0.05) is 19.6 Å². The highest BCUT2D eigenvalue weighted by atomic mass is 16.5. The van der Waals surface area contributed by atoms with Crippen LogP contribution < -0.4 is 0 Å². The molecule has 1 aromatic rings. The molecule has 0 aliphatic carbocycles. The standard InChI is InChI=1S/C19H30N2O/c1-2-5-19(6-3-1)17-21-11-8-18(9-12-21)7-4-10-20-13-15-22-16-14-20/h1-3,5-6,18H,4,7-17H2. The molecule has 0 unspecified atom stereocenters. The van der Waals surface area contributed by atoms with Crippen LogP contribution in [0.3, 0.4) is 0 Å². The molecule has 3 heteroatoms. The molecule has 0 saturated carbocycles. The lowest BCUT2D eigenvalue weighted by atomic mass is 9.92. The van der Waals surface area contributed by atoms with Crippen LogP contribution in [0, 0.1) is 5.92 Å². The van der Waals surface area contributed by atoms with E-state index < -0.39 is 0 Å². The molecule has 2 aliphatic rings. The van der Waals surface area contributed by atoms with Crippen molar-refractivity contribution in [3.8, 4) is 0 Å². The number of rotatable bonds is 6. The van der Waals surface area contributed by atoms with E-state index in [0.29, 0.717) is 0 Å². The van der Waals surface area contributed by atoms with Gasteiger partial charge in [-0.1, -0.05) is 30.3 Å². The summed E-state index contributed by atoms with van der Waals surface area (Å²) in [5.74, 6) is 0.952. The summed E-state index contributed by atoms with van der Waals surface area (Å²) in [6.07, 6.45) is 5.55. The molecule has 0 spiro atoms. The first kappa shape index (κ1) is 16.0. The van der Waals surface area contributed by atoms with Gasteiger partial charge in [0.15, 0.2) is 0 Å². The molecule has 2 saturated heterocycles. The van der Waals surface area contributed by atoms with Gasteiger partial charge in [0.2, 0.25) is 0 Å². The van der Waals surface area contributed by atoms with Crippen LogP contribution in [0.5, 0.6) is 0 Å². The van der Waals surface area contributed by atoms with Crippen LogP contribution >= 0.6 is 0 Å². The second-order valence-corrected chi connectivity index (χ2v) is 6.80. The molecular formula is C19H30N2O. The van der Waals surface area contributed by atoms with Crippen molar-refractivity contribution in [2.24, 2.45) is 5.92 Å². The molecule has 0 bridgehead atoms. The Morgan fingerprint density at radius 2 is 1.64 bits per heavy atom. The molecule has 0 atom stereocenters. The van der Waals surface area contributed by atoms with Gasteiger partial charge in [-0.3, -0.25) is 9.80 Å². The quantitative estimate of drug-likeness (QED) is 0.803. The average Bonchev–Trinajstić information content (AvgIpc) is 2.58. The first-order chi connectivity index (χ1) is 10.9. The summed E-state index contributed by atoms with van der Waals surface area (Å²) in [6, 6.07) is 10.9. The molecule has 3 nitrogen and oxygen atoms in total. The molecule has 0 N–H and O–H groups in total. The highest BCUT2D eigenvalue weighted by Crippen LogP contribution is 2.23. The first-order valence-electron chi connectivity index (χ1n) is 8.96. The van der Waals surface area contributed by atoms with E-state index in [2.05, 4.69) is 40.1 Å². The number of morpholine rings is 1. The third-order valence-corrected chi connectivity index (χ3v) is 5.15. The first-order valence-corrected chi connectivity index (χ1v) is 8.96. The van der Waals surface area contributed by atoms with Crippen LogP contribution in [0.1, 0.15) is 31.2 Å². The van der Waals surface area contributed by atoms with Gasteiger partial charge in [0.05, 0.1) is 13.2 Å². The van der Waals surface area contributed by atoms with E-state index in [-0.39, 0.29) is 0 Å². The van der Waals surface area contributed by atoms with Crippen molar-refractivity contribution in [3.63, 3.8) is 0 Å². The lowest BCUT2D eigenvalue weighted by Gasteiger charge is -2.32. The fourth-order valence-electron chi connectivity index (χ4n) is 3.70. The summed E-state index contributed by atoms with van der Waals surface area (Å²) < 4.78 is 5.41. The van der Waals surface area contributed by atoms with Crippen molar-refractivity contribution in [2.75, 3.05) is 45.9 Å². The minimum absolute atomic E-state index is 0.928. The number of ether oxygens (including phenoxy) is 1. The number of benzene rings is 1. The fourth-order valence-corrected chi connectivity index (χ4v) is 3.70. The second-order valence-electron chi connectivity index (χ2n) is 6.80. The summed E-state index contributed by atoms with van der Waals surface area (Å²) in [4.78, 5) is 5.18. The van der Waals surface area contributed by atoms with Gasteiger partial charge in [0.25, 0.3) is 0 Å². The molecule has 3 rings (SSSR count). The van der Waals surface area contributed by atoms with E-state index in [0.717, 1.165) is 38.8 Å². The zero-order valence-corrected chi connectivity index (χ0v) is 13.8. The van der Waals surface area contributed by atoms with Gasteiger partial charge in [-0.15, -0.1) is 0 Å². The van der Waals surface area contributed by atoms with Gasteiger partial charge in [-0.2, -0.15) is 0 Å². The van der Waals surface area contributed by atoms with Gasteiger partial charge >= 0.3 is 0 Å². The minimum Gasteiger partial charge on any atom is -0.379 e. The van der Waals surface area contributed by atoms with Crippen LogP contribution in [0.25, 0.3) is 0 Å². The number of hydrogen-bond donors (Lipinski definition) is 0. The molecule has 0 aromatic heterocycles. The van der Waals surface area contributed by atoms with Crippen molar-refractivity contribution in [1.29, 1.82) is 0 Å². The van der Waals surface area contributed by atoms with E-state index in [1.54, 1.807) is 0 Å². The third-order valence-electron chi connectivity index (χ3n) is 5.15. The van der Waals surface area contributed by atoms with Crippen LogP contribution in [0.2, 0.25) is 0 Å². The monoisotopic (exact) mass is 302 g/mol.